The van der Waals surface area contributed by atoms with Gasteiger partial charge in [-0.15, -0.1) is 12.4 Å². The number of rotatable bonds is 3. The topological polar surface area (TPSA) is 60.2 Å². The fraction of sp³-hybridized carbons (Fsp3) is 0.455. The summed E-state index contributed by atoms with van der Waals surface area (Å²) in [7, 11) is -3.76. The maximum absolute atomic E-state index is 12.5. The lowest BCUT2D eigenvalue weighted by atomic mass is 10.2. The maximum Gasteiger partial charge on any atom is 0.416 e. The first-order valence-corrected chi connectivity index (χ1v) is 6.97. The zero-order valence-corrected chi connectivity index (χ0v) is 11.4. The van der Waals surface area contributed by atoms with Crippen molar-refractivity contribution in [3.05, 3.63) is 29.8 Å². The molecule has 1 fully saturated rings. The predicted octanol–water partition coefficient (Wildman–Crippen LogP) is 2.39. The molecule has 0 heterocycles. The van der Waals surface area contributed by atoms with Gasteiger partial charge in [-0.1, -0.05) is 6.07 Å². The fourth-order valence-corrected chi connectivity index (χ4v) is 3.44. The van der Waals surface area contributed by atoms with Crippen LogP contribution in [0.4, 0.5) is 13.2 Å². The highest BCUT2D eigenvalue weighted by atomic mass is 35.5. The van der Waals surface area contributed by atoms with E-state index in [1.54, 1.807) is 0 Å². The van der Waals surface area contributed by atoms with Crippen molar-refractivity contribution in [1.29, 1.82) is 0 Å². The summed E-state index contributed by atoms with van der Waals surface area (Å²) in [6.07, 6.45) is -3.37. The van der Waals surface area contributed by atoms with Gasteiger partial charge in [-0.25, -0.2) is 8.42 Å². The molecule has 0 unspecified atom stereocenters. The quantitative estimate of drug-likeness (QED) is 0.931. The second-order valence-electron chi connectivity index (χ2n) is 4.65. The van der Waals surface area contributed by atoms with Gasteiger partial charge in [0.05, 0.1) is 16.2 Å². The van der Waals surface area contributed by atoms with Crippen LogP contribution in [0.2, 0.25) is 0 Å². The fourth-order valence-electron chi connectivity index (χ4n) is 1.63. The molecule has 0 aromatic heterocycles. The van der Waals surface area contributed by atoms with Crippen LogP contribution in [0.3, 0.4) is 0 Å². The van der Waals surface area contributed by atoms with Crippen LogP contribution in [0.5, 0.6) is 0 Å². The van der Waals surface area contributed by atoms with Crippen molar-refractivity contribution < 1.29 is 21.6 Å². The number of benzene rings is 1. The molecule has 0 atom stereocenters. The Balaban J connectivity index is 0.00000180. The highest BCUT2D eigenvalue weighted by Crippen LogP contribution is 2.36. The van der Waals surface area contributed by atoms with Crippen LogP contribution in [-0.2, 0) is 16.0 Å². The van der Waals surface area contributed by atoms with Gasteiger partial charge in [0.2, 0.25) is 0 Å². The van der Waals surface area contributed by atoms with Crippen LogP contribution in [0.1, 0.15) is 18.4 Å². The molecule has 2 rings (SSSR count). The van der Waals surface area contributed by atoms with Gasteiger partial charge in [-0.2, -0.15) is 13.2 Å². The standard InChI is InChI=1S/C11H12F3NO2S.ClH/c12-11(13,14)8-2-1-3-9(6-8)18(16,17)7-10(15)4-5-10;/h1-3,6H,4-5,7,15H2;1H. The van der Waals surface area contributed by atoms with E-state index in [4.69, 9.17) is 5.73 Å². The van der Waals surface area contributed by atoms with E-state index in [1.807, 2.05) is 0 Å². The molecule has 1 aliphatic rings. The van der Waals surface area contributed by atoms with E-state index in [9.17, 15) is 21.6 Å². The van der Waals surface area contributed by atoms with Crippen molar-refractivity contribution in [3.63, 3.8) is 0 Å². The number of sulfone groups is 1. The first kappa shape index (κ1) is 16.3. The van der Waals surface area contributed by atoms with Gasteiger partial charge in [0.1, 0.15) is 0 Å². The molecule has 0 saturated heterocycles. The third kappa shape index (κ3) is 3.84. The molecule has 3 nitrogen and oxygen atoms in total. The summed E-state index contributed by atoms with van der Waals surface area (Å²) in [5.74, 6) is -0.304. The maximum atomic E-state index is 12.5. The lowest BCUT2D eigenvalue weighted by Gasteiger charge is -2.12. The summed E-state index contributed by atoms with van der Waals surface area (Å²) >= 11 is 0. The zero-order valence-electron chi connectivity index (χ0n) is 9.77. The van der Waals surface area contributed by atoms with Gasteiger partial charge >= 0.3 is 6.18 Å². The van der Waals surface area contributed by atoms with Gasteiger partial charge in [0.25, 0.3) is 0 Å². The molecule has 0 spiro atoms. The molecule has 19 heavy (non-hydrogen) atoms. The van der Waals surface area contributed by atoms with E-state index < -0.39 is 27.1 Å². The number of halogens is 4. The summed E-state index contributed by atoms with van der Waals surface area (Å²) < 4.78 is 61.3. The van der Waals surface area contributed by atoms with Crippen molar-refractivity contribution in [2.24, 2.45) is 5.73 Å². The minimum Gasteiger partial charge on any atom is -0.324 e. The molecular weight excluding hydrogens is 303 g/mol. The molecular formula is C11H13ClF3NO2S. The van der Waals surface area contributed by atoms with Crippen LogP contribution < -0.4 is 5.73 Å². The van der Waals surface area contributed by atoms with Gasteiger partial charge in [0.15, 0.2) is 9.84 Å². The third-order valence-corrected chi connectivity index (χ3v) is 4.82. The van der Waals surface area contributed by atoms with E-state index in [1.165, 1.54) is 0 Å². The second kappa shape index (κ2) is 4.96. The minimum absolute atomic E-state index is 0. The Labute approximate surface area is 115 Å². The van der Waals surface area contributed by atoms with Crippen LogP contribution in [0.15, 0.2) is 29.2 Å². The van der Waals surface area contributed by atoms with Crippen LogP contribution in [-0.4, -0.2) is 19.7 Å². The van der Waals surface area contributed by atoms with Crippen molar-refractivity contribution in [1.82, 2.24) is 0 Å². The van der Waals surface area contributed by atoms with E-state index >= 15 is 0 Å². The molecule has 0 aliphatic heterocycles. The van der Waals surface area contributed by atoms with Gasteiger partial charge in [0, 0.05) is 5.54 Å². The van der Waals surface area contributed by atoms with Crippen LogP contribution in [0.25, 0.3) is 0 Å². The highest BCUT2D eigenvalue weighted by molar-refractivity contribution is 7.91. The molecule has 1 aromatic carbocycles. The first-order chi connectivity index (χ1) is 8.12. The lowest BCUT2D eigenvalue weighted by molar-refractivity contribution is -0.137. The zero-order chi connectivity index (χ0) is 13.6. The highest BCUT2D eigenvalue weighted by Gasteiger charge is 2.43. The second-order valence-corrected chi connectivity index (χ2v) is 6.64. The summed E-state index contributed by atoms with van der Waals surface area (Å²) in [5.41, 5.74) is 3.97. The van der Waals surface area contributed by atoms with Crippen LogP contribution in [0, 0.1) is 0 Å². The number of nitrogens with two attached hydrogens (primary N) is 1. The Bertz CT molecular complexity index is 568. The van der Waals surface area contributed by atoms with E-state index in [0.717, 1.165) is 18.2 Å². The summed E-state index contributed by atoms with van der Waals surface area (Å²) in [4.78, 5) is -0.325. The van der Waals surface area contributed by atoms with Crippen molar-refractivity contribution >= 4 is 22.2 Å². The van der Waals surface area contributed by atoms with Gasteiger partial charge < -0.3 is 5.73 Å². The normalized spacial score (nSPS) is 17.7. The van der Waals surface area contributed by atoms with E-state index in [-0.39, 0.29) is 23.1 Å². The average molecular weight is 316 g/mol. The third-order valence-electron chi connectivity index (χ3n) is 2.89. The molecule has 0 radical (unpaired) electrons. The molecule has 108 valence electrons. The Morgan fingerprint density at radius 2 is 1.84 bits per heavy atom. The summed E-state index contributed by atoms with van der Waals surface area (Å²) in [5, 5.41) is 0. The molecule has 0 amide bonds. The van der Waals surface area contributed by atoms with Gasteiger partial charge in [-0.05, 0) is 31.0 Å². The summed E-state index contributed by atoms with van der Waals surface area (Å²) in [6.45, 7) is 0. The SMILES string of the molecule is Cl.NC1(CS(=O)(=O)c2cccc(C(F)(F)F)c2)CC1. The molecule has 1 saturated carbocycles. The summed E-state index contributed by atoms with van der Waals surface area (Å²) in [6, 6.07) is 3.75. The van der Waals surface area contributed by atoms with Crippen LogP contribution >= 0.6 is 12.4 Å². The molecule has 8 heteroatoms. The largest absolute Gasteiger partial charge is 0.416 e. The minimum atomic E-state index is -4.55. The Hall–Kier alpha value is -0.790. The monoisotopic (exact) mass is 315 g/mol. The molecule has 2 N–H and O–H groups in total. The number of alkyl halides is 3. The smallest absolute Gasteiger partial charge is 0.324 e. The van der Waals surface area contributed by atoms with Crippen molar-refractivity contribution in [2.75, 3.05) is 5.75 Å². The Morgan fingerprint density at radius 3 is 2.32 bits per heavy atom. The Morgan fingerprint density at radius 1 is 1.26 bits per heavy atom. The van der Waals surface area contributed by atoms with Crippen molar-refractivity contribution in [2.45, 2.75) is 29.5 Å². The van der Waals surface area contributed by atoms with E-state index in [2.05, 4.69) is 0 Å². The number of hydrogen-bond donors (Lipinski definition) is 1. The van der Waals surface area contributed by atoms with Crippen molar-refractivity contribution in [3.8, 4) is 0 Å². The lowest BCUT2D eigenvalue weighted by Crippen LogP contribution is -2.31. The first-order valence-electron chi connectivity index (χ1n) is 5.31. The molecule has 0 bridgehead atoms. The molecule has 1 aliphatic carbocycles. The molecule has 1 aromatic rings. The van der Waals surface area contributed by atoms with E-state index in [0.29, 0.717) is 18.9 Å². The Kier molecular flexibility index (Phi) is 4.24. The number of hydrogen-bond acceptors (Lipinski definition) is 3. The predicted molar refractivity (Wildman–Crippen MR) is 66.9 cm³/mol. The average Bonchev–Trinajstić information content (AvgIpc) is 2.94. The van der Waals surface area contributed by atoms with Gasteiger partial charge in [-0.3, -0.25) is 0 Å².